The van der Waals surface area contributed by atoms with Crippen LogP contribution in [0.1, 0.15) is 52.5 Å². The maximum atomic E-state index is 12.7. The molecule has 1 aliphatic heterocycles. The Morgan fingerprint density at radius 1 is 1.31 bits per heavy atom. The summed E-state index contributed by atoms with van der Waals surface area (Å²) in [6, 6.07) is 8.02. The van der Waals surface area contributed by atoms with Crippen molar-refractivity contribution in [3.8, 4) is 5.75 Å². The molecule has 1 unspecified atom stereocenters. The zero-order chi connectivity index (χ0) is 19.2. The molecule has 1 saturated heterocycles. The molecule has 0 spiro atoms. The Labute approximate surface area is 157 Å². The van der Waals surface area contributed by atoms with Crippen LogP contribution in [-0.4, -0.2) is 49.3 Å². The Morgan fingerprint density at radius 3 is 2.62 bits per heavy atom. The molecule has 1 fully saturated rings. The first-order valence-electron chi connectivity index (χ1n) is 9.69. The minimum absolute atomic E-state index is 0.0477. The van der Waals surface area contributed by atoms with Gasteiger partial charge in [0.1, 0.15) is 5.75 Å². The van der Waals surface area contributed by atoms with Crippen LogP contribution < -0.4 is 10.5 Å². The first-order valence-corrected chi connectivity index (χ1v) is 9.69. The van der Waals surface area contributed by atoms with Crippen LogP contribution in [0.5, 0.6) is 5.75 Å². The quantitative estimate of drug-likeness (QED) is 0.757. The lowest BCUT2D eigenvalue weighted by Gasteiger charge is -2.33. The summed E-state index contributed by atoms with van der Waals surface area (Å²) in [5.74, 6) is 0.796. The molecule has 2 N–H and O–H groups in total. The monoisotopic (exact) mass is 362 g/mol. The number of nitrogens with zero attached hydrogens (tertiary/aromatic N) is 1. The van der Waals surface area contributed by atoms with Crippen LogP contribution in [-0.2, 0) is 14.9 Å². The molecule has 0 radical (unpaired) electrons. The number of carbonyl (C=O) groups excluding carboxylic acids is 1. The fourth-order valence-electron chi connectivity index (χ4n) is 3.12. The maximum Gasteiger partial charge on any atom is 0.263 e. The Balaban J connectivity index is 1.85. The van der Waals surface area contributed by atoms with Gasteiger partial charge in [0, 0.05) is 19.7 Å². The van der Waals surface area contributed by atoms with E-state index in [1.807, 2.05) is 30.0 Å². The van der Waals surface area contributed by atoms with E-state index in [1.54, 1.807) is 0 Å². The lowest BCUT2D eigenvalue weighted by molar-refractivity contribution is -0.140. The summed E-state index contributed by atoms with van der Waals surface area (Å²) < 4.78 is 11.7. The fraction of sp³-hybridized carbons (Fsp3) is 0.667. The Morgan fingerprint density at radius 2 is 2.00 bits per heavy atom. The number of rotatable bonds is 7. The summed E-state index contributed by atoms with van der Waals surface area (Å²) in [6.07, 6.45) is 2.40. The van der Waals surface area contributed by atoms with Crippen molar-refractivity contribution in [3.05, 3.63) is 29.8 Å². The number of hydrogen-bond donors (Lipinski definition) is 1. The number of nitrogens with two attached hydrogens (primary N) is 1. The molecular formula is C21H34N2O3. The normalized spacial score (nSPS) is 17.2. The van der Waals surface area contributed by atoms with Gasteiger partial charge < -0.3 is 20.1 Å². The van der Waals surface area contributed by atoms with Crippen LogP contribution in [0.15, 0.2) is 24.3 Å². The number of hydrogen-bond acceptors (Lipinski definition) is 4. The molecule has 1 aromatic rings. The van der Waals surface area contributed by atoms with E-state index in [2.05, 4.69) is 26.8 Å². The van der Waals surface area contributed by atoms with Gasteiger partial charge in [0.25, 0.3) is 5.91 Å². The standard InChI is InChI=1S/C21H34N2O3/c1-16(26-19-8-5-7-17(15-19)21(2,3)4)20(24)23-12-9-18(10-13-23)25-14-6-11-22/h5,7-8,15-16,18H,6,9-14,22H2,1-4H3. The smallest absolute Gasteiger partial charge is 0.263 e. The molecule has 1 aliphatic rings. The molecule has 0 saturated carbocycles. The van der Waals surface area contributed by atoms with E-state index in [1.165, 1.54) is 5.56 Å². The third-order valence-corrected chi connectivity index (χ3v) is 4.82. The molecular weight excluding hydrogens is 328 g/mol. The average Bonchev–Trinajstić information content (AvgIpc) is 2.61. The van der Waals surface area contributed by atoms with E-state index in [4.69, 9.17) is 15.2 Å². The van der Waals surface area contributed by atoms with E-state index in [-0.39, 0.29) is 17.4 Å². The third kappa shape index (κ3) is 5.99. The minimum Gasteiger partial charge on any atom is -0.481 e. The summed E-state index contributed by atoms with van der Waals surface area (Å²) in [5.41, 5.74) is 6.74. The molecule has 146 valence electrons. The molecule has 1 heterocycles. The summed E-state index contributed by atoms with van der Waals surface area (Å²) in [7, 11) is 0. The van der Waals surface area contributed by atoms with E-state index in [0.717, 1.165) is 38.1 Å². The zero-order valence-electron chi connectivity index (χ0n) is 16.7. The minimum atomic E-state index is -0.486. The van der Waals surface area contributed by atoms with Crippen molar-refractivity contribution in [2.24, 2.45) is 5.73 Å². The van der Waals surface area contributed by atoms with Gasteiger partial charge in [-0.25, -0.2) is 0 Å². The van der Waals surface area contributed by atoms with Crippen molar-refractivity contribution in [2.75, 3.05) is 26.2 Å². The number of piperidine rings is 1. The predicted molar refractivity (Wildman–Crippen MR) is 104 cm³/mol. The van der Waals surface area contributed by atoms with Gasteiger partial charge in [-0.3, -0.25) is 4.79 Å². The van der Waals surface area contributed by atoms with Gasteiger partial charge >= 0.3 is 0 Å². The molecule has 0 aliphatic carbocycles. The second-order valence-corrected chi connectivity index (χ2v) is 8.08. The Bertz CT molecular complexity index is 575. The van der Waals surface area contributed by atoms with Crippen LogP contribution >= 0.6 is 0 Å². The number of carbonyl (C=O) groups is 1. The van der Waals surface area contributed by atoms with Crippen LogP contribution in [0.4, 0.5) is 0 Å². The molecule has 1 atom stereocenters. The average molecular weight is 363 g/mol. The number of likely N-dealkylation sites (tertiary alicyclic amines) is 1. The highest BCUT2D eigenvalue weighted by Gasteiger charge is 2.27. The van der Waals surface area contributed by atoms with E-state index in [0.29, 0.717) is 13.2 Å². The van der Waals surface area contributed by atoms with E-state index in [9.17, 15) is 4.79 Å². The van der Waals surface area contributed by atoms with Crippen LogP contribution in [0.2, 0.25) is 0 Å². The molecule has 26 heavy (non-hydrogen) atoms. The number of benzene rings is 1. The molecule has 5 nitrogen and oxygen atoms in total. The van der Waals surface area contributed by atoms with Crippen molar-refractivity contribution in [3.63, 3.8) is 0 Å². The molecule has 1 amide bonds. The number of ether oxygens (including phenoxy) is 2. The van der Waals surface area contributed by atoms with Crippen LogP contribution in [0.3, 0.4) is 0 Å². The van der Waals surface area contributed by atoms with Crippen molar-refractivity contribution >= 4 is 5.91 Å². The van der Waals surface area contributed by atoms with Gasteiger partial charge in [0.05, 0.1) is 6.10 Å². The first-order chi connectivity index (χ1) is 12.3. The van der Waals surface area contributed by atoms with Crippen molar-refractivity contribution < 1.29 is 14.3 Å². The zero-order valence-corrected chi connectivity index (χ0v) is 16.7. The topological polar surface area (TPSA) is 64.8 Å². The predicted octanol–water partition coefficient (Wildman–Crippen LogP) is 3.11. The second kappa shape index (κ2) is 9.38. The Kier molecular flexibility index (Phi) is 7.47. The summed E-state index contributed by atoms with van der Waals surface area (Å²) in [6.45, 7) is 11.1. The third-order valence-electron chi connectivity index (χ3n) is 4.82. The molecule has 5 heteroatoms. The van der Waals surface area contributed by atoms with E-state index < -0.39 is 6.10 Å². The lowest BCUT2D eigenvalue weighted by atomic mass is 9.87. The summed E-state index contributed by atoms with van der Waals surface area (Å²) in [4.78, 5) is 14.6. The van der Waals surface area contributed by atoms with Crippen LogP contribution in [0, 0.1) is 0 Å². The molecule has 2 rings (SSSR count). The molecule has 0 bridgehead atoms. The lowest BCUT2D eigenvalue weighted by Crippen LogP contribution is -2.46. The highest BCUT2D eigenvalue weighted by Crippen LogP contribution is 2.26. The summed E-state index contributed by atoms with van der Waals surface area (Å²) >= 11 is 0. The number of amides is 1. The van der Waals surface area contributed by atoms with Crippen LogP contribution in [0.25, 0.3) is 0 Å². The highest BCUT2D eigenvalue weighted by atomic mass is 16.5. The van der Waals surface area contributed by atoms with Crippen molar-refractivity contribution in [1.29, 1.82) is 0 Å². The molecule has 1 aromatic carbocycles. The van der Waals surface area contributed by atoms with Gasteiger partial charge in [-0.1, -0.05) is 32.9 Å². The van der Waals surface area contributed by atoms with Gasteiger partial charge in [0.15, 0.2) is 6.10 Å². The molecule has 0 aromatic heterocycles. The maximum absolute atomic E-state index is 12.7. The first kappa shape index (κ1) is 20.7. The van der Waals surface area contributed by atoms with Gasteiger partial charge in [-0.15, -0.1) is 0 Å². The van der Waals surface area contributed by atoms with Crippen molar-refractivity contribution in [1.82, 2.24) is 4.90 Å². The fourth-order valence-corrected chi connectivity index (χ4v) is 3.12. The second-order valence-electron chi connectivity index (χ2n) is 8.08. The van der Waals surface area contributed by atoms with Gasteiger partial charge in [-0.05, 0) is 55.8 Å². The largest absolute Gasteiger partial charge is 0.481 e. The highest BCUT2D eigenvalue weighted by molar-refractivity contribution is 5.81. The van der Waals surface area contributed by atoms with Gasteiger partial charge in [-0.2, -0.15) is 0 Å². The van der Waals surface area contributed by atoms with Gasteiger partial charge in [0.2, 0.25) is 0 Å². The van der Waals surface area contributed by atoms with E-state index >= 15 is 0 Å². The summed E-state index contributed by atoms with van der Waals surface area (Å²) in [5, 5.41) is 0. The Hall–Kier alpha value is -1.59. The SMILES string of the molecule is CC(Oc1cccc(C(C)(C)C)c1)C(=O)N1CCC(OCCCN)CC1. The van der Waals surface area contributed by atoms with Crippen molar-refractivity contribution in [2.45, 2.75) is 64.6 Å².